The molecule has 0 atom stereocenters. The third-order valence-corrected chi connectivity index (χ3v) is 3.52. The van der Waals surface area contributed by atoms with Crippen molar-refractivity contribution in [2.45, 2.75) is 18.9 Å². The molecule has 94 valence electrons. The monoisotopic (exact) mass is 284 g/mol. The average Bonchev–Trinajstić information content (AvgIpc) is 3.04. The molecule has 1 aromatic carbocycles. The van der Waals surface area contributed by atoms with Crippen LogP contribution in [0.2, 0.25) is 10.0 Å². The average molecular weight is 285 g/mol. The third-order valence-electron chi connectivity index (χ3n) is 3.09. The number of benzene rings is 1. The molecule has 0 radical (unpaired) electrons. The molecule has 1 saturated heterocycles. The zero-order valence-corrected chi connectivity index (χ0v) is 10.9. The zero-order chi connectivity index (χ0) is 12.9. The molecule has 1 saturated carbocycles. The van der Waals surface area contributed by atoms with Gasteiger partial charge in [-0.2, -0.15) is 0 Å². The van der Waals surface area contributed by atoms with Crippen LogP contribution in [0.15, 0.2) is 18.2 Å². The third kappa shape index (κ3) is 1.95. The van der Waals surface area contributed by atoms with Crippen molar-refractivity contribution in [1.82, 2.24) is 4.90 Å². The van der Waals surface area contributed by atoms with Crippen LogP contribution in [0.25, 0.3) is 0 Å². The van der Waals surface area contributed by atoms with E-state index in [9.17, 15) is 9.59 Å². The standard InChI is InChI=1S/C12H10Cl2N2O2/c13-7-3-8(14)5-10(4-7)16-11(17)6-15(12(16)18)9-1-2-9/h3-5,9H,1-2,6H2. The maximum atomic E-state index is 12.2. The van der Waals surface area contributed by atoms with Crippen molar-refractivity contribution in [3.05, 3.63) is 28.2 Å². The van der Waals surface area contributed by atoms with Crippen LogP contribution in [-0.4, -0.2) is 29.4 Å². The second-order valence-corrected chi connectivity index (χ2v) is 5.37. The molecule has 0 unspecified atom stereocenters. The number of amides is 3. The van der Waals surface area contributed by atoms with Gasteiger partial charge in [0.2, 0.25) is 0 Å². The van der Waals surface area contributed by atoms with Crippen LogP contribution in [0.4, 0.5) is 10.5 Å². The Morgan fingerprint density at radius 1 is 1.06 bits per heavy atom. The summed E-state index contributed by atoms with van der Waals surface area (Å²) in [5.41, 5.74) is 0.436. The summed E-state index contributed by atoms with van der Waals surface area (Å²) in [4.78, 5) is 26.9. The quantitative estimate of drug-likeness (QED) is 0.784. The lowest BCUT2D eigenvalue weighted by atomic mass is 10.3. The van der Waals surface area contributed by atoms with Crippen molar-refractivity contribution in [3.63, 3.8) is 0 Å². The highest BCUT2D eigenvalue weighted by atomic mass is 35.5. The molecule has 0 spiro atoms. The summed E-state index contributed by atoms with van der Waals surface area (Å²) >= 11 is 11.8. The Morgan fingerprint density at radius 3 is 2.22 bits per heavy atom. The summed E-state index contributed by atoms with van der Waals surface area (Å²) in [5.74, 6) is -0.231. The van der Waals surface area contributed by atoms with E-state index in [1.807, 2.05) is 0 Å². The molecule has 2 fully saturated rings. The first-order valence-electron chi connectivity index (χ1n) is 5.66. The molecule has 4 nitrogen and oxygen atoms in total. The molecule has 1 aromatic rings. The summed E-state index contributed by atoms with van der Waals surface area (Å²) in [6, 6.07) is 4.65. The lowest BCUT2D eigenvalue weighted by Gasteiger charge is -2.16. The van der Waals surface area contributed by atoms with Gasteiger partial charge in [0.1, 0.15) is 6.54 Å². The van der Waals surface area contributed by atoms with Crippen LogP contribution >= 0.6 is 23.2 Å². The summed E-state index contributed by atoms with van der Waals surface area (Å²) < 4.78 is 0. The fourth-order valence-electron chi connectivity index (χ4n) is 2.11. The van der Waals surface area contributed by atoms with Gasteiger partial charge in [-0.3, -0.25) is 4.79 Å². The minimum Gasteiger partial charge on any atom is -0.312 e. The van der Waals surface area contributed by atoms with Gasteiger partial charge < -0.3 is 4.90 Å². The van der Waals surface area contributed by atoms with Gasteiger partial charge in [-0.05, 0) is 31.0 Å². The second-order valence-electron chi connectivity index (χ2n) is 4.50. The van der Waals surface area contributed by atoms with Crippen molar-refractivity contribution in [3.8, 4) is 0 Å². The van der Waals surface area contributed by atoms with E-state index in [2.05, 4.69) is 0 Å². The predicted octanol–water partition coefficient (Wildman–Crippen LogP) is 2.92. The summed E-state index contributed by atoms with van der Waals surface area (Å²) in [6.45, 7) is 0.146. The van der Waals surface area contributed by atoms with Gasteiger partial charge in [0.25, 0.3) is 5.91 Å². The van der Waals surface area contributed by atoms with Crippen molar-refractivity contribution >= 4 is 40.8 Å². The van der Waals surface area contributed by atoms with Gasteiger partial charge in [0, 0.05) is 16.1 Å². The van der Waals surface area contributed by atoms with E-state index in [4.69, 9.17) is 23.2 Å². The van der Waals surface area contributed by atoms with Crippen LogP contribution in [0.3, 0.4) is 0 Å². The summed E-state index contributed by atoms with van der Waals surface area (Å²) in [7, 11) is 0. The van der Waals surface area contributed by atoms with E-state index in [0.29, 0.717) is 15.7 Å². The highest BCUT2D eigenvalue weighted by Gasteiger charge is 2.44. The molecular formula is C12H10Cl2N2O2. The van der Waals surface area contributed by atoms with E-state index >= 15 is 0 Å². The van der Waals surface area contributed by atoms with E-state index in [1.54, 1.807) is 23.1 Å². The minimum atomic E-state index is -0.277. The molecule has 3 amide bonds. The number of imide groups is 1. The smallest absolute Gasteiger partial charge is 0.312 e. The largest absolute Gasteiger partial charge is 0.332 e. The fraction of sp³-hybridized carbons (Fsp3) is 0.333. The first kappa shape index (κ1) is 11.8. The van der Waals surface area contributed by atoms with Gasteiger partial charge >= 0.3 is 6.03 Å². The zero-order valence-electron chi connectivity index (χ0n) is 9.40. The number of urea groups is 1. The van der Waals surface area contributed by atoms with Crippen LogP contribution in [-0.2, 0) is 4.79 Å². The van der Waals surface area contributed by atoms with Crippen LogP contribution in [0.5, 0.6) is 0 Å². The molecular weight excluding hydrogens is 275 g/mol. The van der Waals surface area contributed by atoms with Gasteiger partial charge in [-0.25, -0.2) is 9.69 Å². The maximum Gasteiger partial charge on any atom is 0.332 e. The summed E-state index contributed by atoms with van der Waals surface area (Å²) in [6.07, 6.45) is 1.95. The van der Waals surface area contributed by atoms with Crippen molar-refractivity contribution < 1.29 is 9.59 Å². The molecule has 1 aliphatic heterocycles. The number of hydrogen-bond donors (Lipinski definition) is 0. The SMILES string of the molecule is O=C1CN(C2CC2)C(=O)N1c1cc(Cl)cc(Cl)c1. The number of carbonyl (C=O) groups is 2. The Hall–Kier alpha value is -1.26. The topological polar surface area (TPSA) is 40.6 Å². The highest BCUT2D eigenvalue weighted by molar-refractivity contribution is 6.35. The van der Waals surface area contributed by atoms with E-state index in [-0.39, 0.29) is 24.5 Å². The van der Waals surface area contributed by atoms with Crippen LogP contribution in [0, 0.1) is 0 Å². The maximum absolute atomic E-state index is 12.2. The van der Waals surface area contributed by atoms with Crippen LogP contribution < -0.4 is 4.90 Å². The molecule has 1 heterocycles. The van der Waals surface area contributed by atoms with Crippen molar-refractivity contribution in [2.24, 2.45) is 0 Å². The van der Waals surface area contributed by atoms with Gasteiger partial charge in [0.05, 0.1) is 5.69 Å². The number of carbonyl (C=O) groups excluding carboxylic acids is 2. The highest BCUT2D eigenvalue weighted by Crippen LogP contribution is 2.34. The minimum absolute atomic E-state index is 0.146. The van der Waals surface area contributed by atoms with E-state index in [1.165, 1.54) is 0 Å². The van der Waals surface area contributed by atoms with Gasteiger partial charge in [-0.1, -0.05) is 23.2 Å². The molecule has 0 N–H and O–H groups in total. The number of halogens is 2. The first-order chi connectivity index (χ1) is 8.56. The van der Waals surface area contributed by atoms with Gasteiger partial charge in [-0.15, -0.1) is 0 Å². The molecule has 18 heavy (non-hydrogen) atoms. The van der Waals surface area contributed by atoms with E-state index in [0.717, 1.165) is 17.7 Å². The second kappa shape index (κ2) is 4.14. The van der Waals surface area contributed by atoms with E-state index < -0.39 is 0 Å². The first-order valence-corrected chi connectivity index (χ1v) is 6.41. The Morgan fingerprint density at radius 2 is 1.67 bits per heavy atom. The normalized spacial score (nSPS) is 19.9. The number of anilines is 1. The molecule has 0 bridgehead atoms. The Kier molecular flexibility index (Phi) is 2.72. The summed E-state index contributed by atoms with van der Waals surface area (Å²) in [5, 5.41) is 0.811. The lowest BCUT2D eigenvalue weighted by Crippen LogP contribution is -2.34. The number of nitrogens with zero attached hydrogens (tertiary/aromatic N) is 2. The molecule has 2 aliphatic rings. The van der Waals surface area contributed by atoms with Gasteiger partial charge in [0.15, 0.2) is 0 Å². The Bertz CT molecular complexity index is 523. The molecule has 3 rings (SSSR count). The number of hydrogen-bond acceptors (Lipinski definition) is 2. The fourth-order valence-corrected chi connectivity index (χ4v) is 2.63. The Labute approximate surface area is 114 Å². The van der Waals surface area contributed by atoms with Crippen molar-refractivity contribution in [2.75, 3.05) is 11.4 Å². The predicted molar refractivity (Wildman–Crippen MR) is 69.1 cm³/mol. The molecule has 6 heteroatoms. The van der Waals surface area contributed by atoms with Crippen LogP contribution in [0.1, 0.15) is 12.8 Å². The van der Waals surface area contributed by atoms with Crippen molar-refractivity contribution in [1.29, 1.82) is 0 Å². The number of rotatable bonds is 2. The molecule has 0 aromatic heterocycles. The lowest BCUT2D eigenvalue weighted by molar-refractivity contribution is -0.116. The molecule has 1 aliphatic carbocycles. The Balaban J connectivity index is 1.95.